The Bertz CT molecular complexity index is 774. The maximum Gasteiger partial charge on any atom is 0.344 e. The molecular formula is C19H27N7O2. The Hall–Kier alpha value is -3.20. The van der Waals surface area contributed by atoms with E-state index in [-0.39, 0.29) is 12.6 Å². The molecule has 0 spiro atoms. The minimum absolute atomic E-state index is 0.252. The van der Waals surface area contributed by atoms with Crippen molar-refractivity contribution in [3.63, 3.8) is 0 Å². The van der Waals surface area contributed by atoms with Gasteiger partial charge >= 0.3 is 6.03 Å². The van der Waals surface area contributed by atoms with Crippen molar-refractivity contribution in [1.29, 1.82) is 0 Å². The normalized spacial score (nSPS) is 10.3. The lowest BCUT2D eigenvalue weighted by atomic mass is 10.1. The van der Waals surface area contributed by atoms with Gasteiger partial charge in [0.05, 0.1) is 0 Å². The molecule has 0 atom stereocenters. The van der Waals surface area contributed by atoms with Crippen molar-refractivity contribution in [2.75, 3.05) is 18.5 Å². The molecule has 7 N–H and O–H groups in total. The molecule has 150 valence electrons. The molecule has 0 aliphatic carbocycles. The molecule has 0 aliphatic rings. The van der Waals surface area contributed by atoms with E-state index in [1.54, 1.807) is 12.4 Å². The number of carbonyl (C=O) groups is 1. The molecule has 9 heteroatoms. The predicted octanol–water partition coefficient (Wildman–Crippen LogP) is 1.59. The van der Waals surface area contributed by atoms with Gasteiger partial charge in [-0.1, -0.05) is 31.0 Å². The second kappa shape index (κ2) is 11.5. The standard InChI is InChI=1S/C19H27N7O2/c20-17(21)26-19(28)25-11-14-6-5-7-15(10-14)16-12-23-18(24-13-16)22-8-3-1-2-4-9-27/h5-7,10,12-13,27H,1-4,8-9,11H2,(H,22,23,24)(H5,20,21,25,26,28). The average Bonchev–Trinajstić information content (AvgIpc) is 2.69. The van der Waals surface area contributed by atoms with Gasteiger partial charge in [0.1, 0.15) is 0 Å². The van der Waals surface area contributed by atoms with Crippen LogP contribution in [0.15, 0.2) is 41.7 Å². The molecule has 0 aliphatic heterocycles. The van der Waals surface area contributed by atoms with Crippen LogP contribution in [0.5, 0.6) is 0 Å². The first kappa shape index (κ1) is 21.1. The smallest absolute Gasteiger partial charge is 0.344 e. The number of nitrogens with zero attached hydrogens (tertiary/aromatic N) is 3. The van der Waals surface area contributed by atoms with Crippen LogP contribution >= 0.6 is 0 Å². The summed E-state index contributed by atoms with van der Waals surface area (Å²) in [5, 5.41) is 14.6. The predicted molar refractivity (Wildman–Crippen MR) is 110 cm³/mol. The van der Waals surface area contributed by atoms with Crippen molar-refractivity contribution in [3.05, 3.63) is 42.2 Å². The molecule has 1 heterocycles. The van der Waals surface area contributed by atoms with Crippen molar-refractivity contribution in [1.82, 2.24) is 15.3 Å². The number of aliphatic hydroxyl groups excluding tert-OH is 1. The number of hydrogen-bond acceptors (Lipinski definition) is 5. The van der Waals surface area contributed by atoms with Crippen LogP contribution in [0.3, 0.4) is 0 Å². The number of anilines is 1. The van der Waals surface area contributed by atoms with Gasteiger partial charge in [-0.15, -0.1) is 0 Å². The van der Waals surface area contributed by atoms with Gasteiger partial charge in [0.25, 0.3) is 0 Å². The van der Waals surface area contributed by atoms with E-state index in [1.807, 2.05) is 24.3 Å². The molecule has 0 saturated carbocycles. The summed E-state index contributed by atoms with van der Waals surface area (Å²) in [6.45, 7) is 1.36. The highest BCUT2D eigenvalue weighted by molar-refractivity contribution is 5.90. The Kier molecular flexibility index (Phi) is 8.67. The molecule has 9 nitrogen and oxygen atoms in total. The fraction of sp³-hybridized carbons (Fsp3) is 0.368. The molecule has 0 fully saturated rings. The number of aliphatic imine (C=N–C) groups is 1. The first-order valence-corrected chi connectivity index (χ1v) is 9.22. The average molecular weight is 385 g/mol. The van der Waals surface area contributed by atoms with Crippen LogP contribution in [0.2, 0.25) is 0 Å². The molecule has 1 aromatic carbocycles. The number of carbonyl (C=O) groups excluding carboxylic acids is 1. The Morgan fingerprint density at radius 1 is 1.07 bits per heavy atom. The van der Waals surface area contributed by atoms with Gasteiger partial charge in [0, 0.05) is 37.7 Å². The van der Waals surface area contributed by atoms with Crippen LogP contribution in [0.25, 0.3) is 11.1 Å². The van der Waals surface area contributed by atoms with Gasteiger partial charge in [0.15, 0.2) is 5.96 Å². The monoisotopic (exact) mass is 385 g/mol. The maximum absolute atomic E-state index is 11.5. The first-order chi connectivity index (χ1) is 13.6. The summed E-state index contributed by atoms with van der Waals surface area (Å²) >= 11 is 0. The third-order valence-electron chi connectivity index (χ3n) is 3.95. The van der Waals surface area contributed by atoms with Crippen molar-refractivity contribution in [3.8, 4) is 11.1 Å². The highest BCUT2D eigenvalue weighted by Gasteiger charge is 2.04. The molecule has 1 aromatic heterocycles. The summed E-state index contributed by atoms with van der Waals surface area (Å²) in [6.07, 6.45) is 7.48. The summed E-state index contributed by atoms with van der Waals surface area (Å²) < 4.78 is 0. The molecule has 2 rings (SSSR count). The van der Waals surface area contributed by atoms with Crippen LogP contribution in [0.4, 0.5) is 10.7 Å². The lowest BCUT2D eigenvalue weighted by Crippen LogP contribution is -2.28. The van der Waals surface area contributed by atoms with E-state index in [1.165, 1.54) is 0 Å². The zero-order valence-corrected chi connectivity index (χ0v) is 15.8. The highest BCUT2D eigenvalue weighted by atomic mass is 16.2. The van der Waals surface area contributed by atoms with Crippen molar-refractivity contribution < 1.29 is 9.90 Å². The van der Waals surface area contributed by atoms with Crippen LogP contribution < -0.4 is 22.1 Å². The quantitative estimate of drug-likeness (QED) is 0.236. The van der Waals surface area contributed by atoms with Gasteiger partial charge in [0.2, 0.25) is 5.95 Å². The van der Waals surface area contributed by atoms with Crippen molar-refractivity contribution >= 4 is 17.9 Å². The molecule has 2 aromatic rings. The molecule has 28 heavy (non-hydrogen) atoms. The number of unbranched alkanes of at least 4 members (excludes halogenated alkanes) is 3. The Labute approximate surface area is 164 Å². The molecule has 2 amide bonds. The number of urea groups is 1. The number of amides is 2. The lowest BCUT2D eigenvalue weighted by Gasteiger charge is -2.08. The van der Waals surface area contributed by atoms with E-state index in [4.69, 9.17) is 16.6 Å². The zero-order valence-electron chi connectivity index (χ0n) is 15.8. The van der Waals surface area contributed by atoms with Crippen LogP contribution in [0, 0.1) is 0 Å². The summed E-state index contributed by atoms with van der Waals surface area (Å²) in [6, 6.07) is 7.11. The van der Waals surface area contributed by atoms with E-state index in [0.29, 0.717) is 12.5 Å². The van der Waals surface area contributed by atoms with E-state index in [2.05, 4.69) is 25.6 Å². The summed E-state index contributed by atoms with van der Waals surface area (Å²) in [5.74, 6) is 0.314. The highest BCUT2D eigenvalue weighted by Crippen LogP contribution is 2.19. The maximum atomic E-state index is 11.5. The van der Waals surface area contributed by atoms with Gasteiger partial charge in [-0.25, -0.2) is 14.8 Å². The number of aromatic nitrogens is 2. The second-order valence-electron chi connectivity index (χ2n) is 6.26. The first-order valence-electron chi connectivity index (χ1n) is 9.22. The number of hydrogen-bond donors (Lipinski definition) is 5. The number of rotatable bonds is 10. The van der Waals surface area contributed by atoms with Gasteiger partial charge in [-0.05, 0) is 30.0 Å². The van der Waals surface area contributed by atoms with Crippen molar-refractivity contribution in [2.45, 2.75) is 32.2 Å². The van der Waals surface area contributed by atoms with E-state index in [0.717, 1.165) is 48.9 Å². The number of aliphatic hydroxyl groups is 1. The van der Waals surface area contributed by atoms with Crippen molar-refractivity contribution in [2.24, 2.45) is 16.5 Å². The topological polar surface area (TPSA) is 152 Å². The van der Waals surface area contributed by atoms with E-state index < -0.39 is 6.03 Å². The Balaban J connectivity index is 1.87. The fourth-order valence-electron chi connectivity index (χ4n) is 2.55. The molecule has 0 saturated heterocycles. The molecule has 0 unspecified atom stereocenters. The van der Waals surface area contributed by atoms with Gasteiger partial charge in [-0.2, -0.15) is 4.99 Å². The van der Waals surface area contributed by atoms with Crippen LogP contribution in [-0.2, 0) is 6.54 Å². The fourth-order valence-corrected chi connectivity index (χ4v) is 2.55. The van der Waals surface area contributed by atoms with Crippen LogP contribution in [0.1, 0.15) is 31.2 Å². The van der Waals surface area contributed by atoms with E-state index in [9.17, 15) is 4.79 Å². The minimum Gasteiger partial charge on any atom is -0.396 e. The molecule has 0 radical (unpaired) electrons. The molecule has 0 bridgehead atoms. The summed E-state index contributed by atoms with van der Waals surface area (Å²) in [7, 11) is 0. The number of nitrogens with one attached hydrogen (secondary N) is 2. The Morgan fingerprint density at radius 3 is 2.54 bits per heavy atom. The Morgan fingerprint density at radius 2 is 1.82 bits per heavy atom. The largest absolute Gasteiger partial charge is 0.396 e. The second-order valence-corrected chi connectivity index (χ2v) is 6.26. The van der Waals surface area contributed by atoms with Crippen LogP contribution in [-0.4, -0.2) is 40.2 Å². The van der Waals surface area contributed by atoms with Gasteiger partial charge in [-0.3, -0.25) is 0 Å². The van der Waals surface area contributed by atoms with Gasteiger partial charge < -0.3 is 27.2 Å². The minimum atomic E-state index is -0.583. The third-order valence-corrected chi connectivity index (χ3v) is 3.95. The zero-order chi connectivity index (χ0) is 20.2. The summed E-state index contributed by atoms with van der Waals surface area (Å²) in [5.41, 5.74) is 13.1. The van der Waals surface area contributed by atoms with E-state index >= 15 is 0 Å². The lowest BCUT2D eigenvalue weighted by molar-refractivity contribution is 0.249. The number of nitrogens with two attached hydrogens (primary N) is 2. The third kappa shape index (κ3) is 7.58. The molecular weight excluding hydrogens is 358 g/mol. The summed E-state index contributed by atoms with van der Waals surface area (Å²) in [4.78, 5) is 23.6. The SMILES string of the molecule is NC(N)=NC(=O)NCc1cccc(-c2cnc(NCCCCCCO)nc2)c1. The number of guanidine groups is 1. The number of benzene rings is 1.